The van der Waals surface area contributed by atoms with Gasteiger partial charge in [0.2, 0.25) is 0 Å². The zero-order valence-electron chi connectivity index (χ0n) is 22.1. The number of nitrogens with one attached hydrogen (secondary N) is 1. The number of anilines is 1. The number of phenols is 1. The lowest BCUT2D eigenvalue weighted by Crippen LogP contribution is -2.51. The number of benzene rings is 3. The highest BCUT2D eigenvalue weighted by molar-refractivity contribution is 6.04. The Labute approximate surface area is 220 Å². The molecule has 2 aliphatic rings. The number of nitrogens with zero attached hydrogens (tertiary/aromatic N) is 4. The smallest absolute Gasteiger partial charge is 0.341 e. The first-order valence-corrected chi connectivity index (χ1v) is 13.1. The molecule has 2 atom stereocenters. The van der Waals surface area contributed by atoms with Crippen LogP contribution in [0.1, 0.15) is 30.9 Å². The van der Waals surface area contributed by atoms with Gasteiger partial charge in [-0.15, -0.1) is 0 Å². The highest BCUT2D eigenvalue weighted by Gasteiger charge is 2.34. The molecule has 9 heteroatoms. The van der Waals surface area contributed by atoms with E-state index in [2.05, 4.69) is 22.1 Å². The second kappa shape index (κ2) is 9.65. The highest BCUT2D eigenvalue weighted by atomic mass is 19.1. The largest absolute Gasteiger partial charge is 0.508 e. The van der Waals surface area contributed by atoms with Crippen molar-refractivity contribution in [1.82, 2.24) is 20.5 Å². The van der Waals surface area contributed by atoms with Crippen LogP contribution in [0.5, 0.6) is 11.8 Å². The number of piperazine rings is 1. The lowest BCUT2D eigenvalue weighted by Gasteiger charge is -2.34. The highest BCUT2D eigenvalue weighted by Crippen LogP contribution is 2.42. The van der Waals surface area contributed by atoms with E-state index >= 15 is 4.39 Å². The maximum Gasteiger partial charge on any atom is 0.341 e. The van der Waals surface area contributed by atoms with E-state index in [1.807, 2.05) is 31.2 Å². The molecule has 4 aromatic rings. The molecule has 0 aliphatic carbocycles. The van der Waals surface area contributed by atoms with Gasteiger partial charge in [-0.3, -0.25) is 4.84 Å². The zero-order chi connectivity index (χ0) is 26.6. The van der Waals surface area contributed by atoms with Gasteiger partial charge < -0.3 is 20.2 Å². The van der Waals surface area contributed by atoms with Gasteiger partial charge >= 0.3 is 6.01 Å². The third-order valence-electron chi connectivity index (χ3n) is 7.77. The van der Waals surface area contributed by atoms with E-state index in [1.165, 1.54) is 7.11 Å². The molecular formula is C29H32FN5O3. The van der Waals surface area contributed by atoms with E-state index < -0.39 is 5.82 Å². The lowest BCUT2D eigenvalue weighted by molar-refractivity contribution is -0.287. The molecule has 2 aliphatic heterocycles. The van der Waals surface area contributed by atoms with Gasteiger partial charge in [0.1, 0.15) is 17.1 Å². The predicted octanol–water partition coefficient (Wildman–Crippen LogP) is 4.89. The summed E-state index contributed by atoms with van der Waals surface area (Å²) in [6, 6.07) is 12.0. The molecule has 8 nitrogen and oxygen atoms in total. The zero-order valence-corrected chi connectivity index (χ0v) is 22.1. The Bertz CT molecular complexity index is 1530. The number of phenolic OH excluding ortho intramolecular Hbond substituents is 1. The Morgan fingerprint density at radius 2 is 1.92 bits per heavy atom. The summed E-state index contributed by atoms with van der Waals surface area (Å²) in [5, 5.41) is 17.8. The number of aromatic nitrogens is 2. The average molecular weight is 518 g/mol. The van der Waals surface area contributed by atoms with E-state index in [4.69, 9.17) is 14.7 Å². The second-order valence-electron chi connectivity index (χ2n) is 10.2. The molecule has 2 fully saturated rings. The molecule has 38 heavy (non-hydrogen) atoms. The van der Waals surface area contributed by atoms with Gasteiger partial charge in [0.15, 0.2) is 5.82 Å². The molecule has 0 amide bonds. The van der Waals surface area contributed by atoms with Gasteiger partial charge in [-0.05, 0) is 77.1 Å². The van der Waals surface area contributed by atoms with E-state index in [-0.39, 0.29) is 17.3 Å². The number of hydroxylamine groups is 2. The molecule has 6 rings (SSSR count). The minimum Gasteiger partial charge on any atom is -0.508 e. The number of rotatable bonds is 6. The number of hydrogen-bond donors (Lipinski definition) is 2. The van der Waals surface area contributed by atoms with Crippen molar-refractivity contribution >= 4 is 27.5 Å². The molecular weight excluding hydrogens is 485 g/mol. The molecule has 2 bridgehead atoms. The minimum absolute atomic E-state index is 0.00597. The lowest BCUT2D eigenvalue weighted by atomic mass is 9.90. The van der Waals surface area contributed by atoms with Crippen molar-refractivity contribution in [1.29, 1.82) is 0 Å². The molecule has 198 valence electrons. The van der Waals surface area contributed by atoms with Crippen LogP contribution >= 0.6 is 0 Å². The van der Waals surface area contributed by atoms with E-state index in [9.17, 15) is 5.11 Å². The van der Waals surface area contributed by atoms with Crippen LogP contribution in [0.15, 0.2) is 36.4 Å². The fourth-order valence-corrected chi connectivity index (χ4v) is 6.03. The summed E-state index contributed by atoms with van der Waals surface area (Å²) in [6.45, 7) is 5.53. The van der Waals surface area contributed by atoms with Gasteiger partial charge in [0, 0.05) is 36.1 Å². The Kier molecular flexibility index (Phi) is 6.29. The Balaban J connectivity index is 1.61. The number of hydrogen-bond acceptors (Lipinski definition) is 8. The van der Waals surface area contributed by atoms with Crippen molar-refractivity contribution < 1.29 is 19.2 Å². The van der Waals surface area contributed by atoms with Gasteiger partial charge in [0.25, 0.3) is 0 Å². The van der Waals surface area contributed by atoms with Crippen LogP contribution in [0.25, 0.3) is 32.8 Å². The Morgan fingerprint density at radius 3 is 2.63 bits per heavy atom. The average Bonchev–Trinajstić information content (AvgIpc) is 3.25. The van der Waals surface area contributed by atoms with Crippen LogP contribution in [0.4, 0.5) is 10.2 Å². The van der Waals surface area contributed by atoms with E-state index in [1.54, 1.807) is 19.2 Å². The fourth-order valence-electron chi connectivity index (χ4n) is 6.03. The maximum absolute atomic E-state index is 16.7. The summed E-state index contributed by atoms with van der Waals surface area (Å²) in [4.78, 5) is 22.2. The summed E-state index contributed by atoms with van der Waals surface area (Å²) in [6.07, 6.45) is 3.01. The van der Waals surface area contributed by atoms with Crippen molar-refractivity contribution in [3.05, 3.63) is 53.3 Å². The molecule has 3 heterocycles. The van der Waals surface area contributed by atoms with Crippen molar-refractivity contribution in [2.24, 2.45) is 0 Å². The maximum atomic E-state index is 16.7. The van der Waals surface area contributed by atoms with Crippen molar-refractivity contribution in [2.45, 2.75) is 45.2 Å². The van der Waals surface area contributed by atoms with E-state index in [0.29, 0.717) is 34.4 Å². The standard InChI is InChI=1S/C29H32FN5O3/c1-5-17-7-6-8-18-12-21(36)13-22(25(17)18)24-16(2)11-23-27(26(24)30)32-29(38-34(3)37-4)33-28(23)35-14-19-9-10-20(15-35)31-19/h6-8,11-13,19-20,31,36H,5,9-10,14-15H2,1-4H3. The second-order valence-corrected chi connectivity index (χ2v) is 10.2. The van der Waals surface area contributed by atoms with Crippen LogP contribution < -0.4 is 15.1 Å². The topological polar surface area (TPSA) is 83.0 Å². The van der Waals surface area contributed by atoms with Gasteiger partial charge in [0.05, 0.1) is 14.2 Å². The molecule has 0 saturated carbocycles. The normalized spacial score (nSPS) is 19.2. The SMILES string of the molecule is CCc1cccc2cc(O)cc(-c3c(C)cc4c(N5CC6CCC(C5)N6)nc(ON(C)OC)nc4c3F)c12. The summed E-state index contributed by atoms with van der Waals surface area (Å²) in [5.74, 6) is 0.269. The molecule has 0 radical (unpaired) electrons. The first kappa shape index (κ1) is 24.8. The quantitative estimate of drug-likeness (QED) is 0.350. The summed E-state index contributed by atoms with van der Waals surface area (Å²) >= 11 is 0. The van der Waals surface area contributed by atoms with Crippen LogP contribution in [0.3, 0.4) is 0 Å². The van der Waals surface area contributed by atoms with Crippen LogP contribution in [-0.4, -0.2) is 59.6 Å². The number of fused-ring (bicyclic) bond motifs is 4. The predicted molar refractivity (Wildman–Crippen MR) is 146 cm³/mol. The molecule has 0 spiro atoms. The number of aryl methyl sites for hydroxylation is 2. The summed E-state index contributed by atoms with van der Waals surface area (Å²) in [5.41, 5.74) is 3.06. The number of halogens is 1. The third-order valence-corrected chi connectivity index (χ3v) is 7.77. The first-order valence-electron chi connectivity index (χ1n) is 13.1. The molecule has 2 unspecified atom stereocenters. The molecule has 3 aromatic carbocycles. The molecule has 2 N–H and O–H groups in total. The third kappa shape index (κ3) is 4.20. The molecule has 1 aromatic heterocycles. The minimum atomic E-state index is -0.468. The van der Waals surface area contributed by atoms with E-state index in [0.717, 1.165) is 59.5 Å². The van der Waals surface area contributed by atoms with Crippen LogP contribution in [0.2, 0.25) is 0 Å². The molecule has 2 saturated heterocycles. The summed E-state index contributed by atoms with van der Waals surface area (Å²) in [7, 11) is 3.05. The van der Waals surface area contributed by atoms with Crippen molar-refractivity contribution in [3.63, 3.8) is 0 Å². The first-order chi connectivity index (χ1) is 18.4. The van der Waals surface area contributed by atoms with Crippen molar-refractivity contribution in [2.75, 3.05) is 32.1 Å². The van der Waals surface area contributed by atoms with Crippen LogP contribution in [-0.2, 0) is 11.3 Å². The fraction of sp³-hybridized carbons (Fsp3) is 0.379. The van der Waals surface area contributed by atoms with Crippen molar-refractivity contribution in [3.8, 4) is 22.9 Å². The Morgan fingerprint density at radius 1 is 1.16 bits per heavy atom. The number of aromatic hydroxyl groups is 1. The monoisotopic (exact) mass is 517 g/mol. The Hall–Kier alpha value is -3.53. The van der Waals surface area contributed by atoms with Gasteiger partial charge in [-0.2, -0.15) is 9.97 Å². The van der Waals surface area contributed by atoms with Gasteiger partial charge in [-0.1, -0.05) is 25.1 Å². The van der Waals surface area contributed by atoms with Crippen LogP contribution in [0, 0.1) is 12.7 Å². The summed E-state index contributed by atoms with van der Waals surface area (Å²) < 4.78 is 16.7. The van der Waals surface area contributed by atoms with Gasteiger partial charge in [-0.25, -0.2) is 4.39 Å².